The monoisotopic (exact) mass is 290 g/mol. The Hall–Kier alpha value is -0.910. The van der Waals surface area contributed by atoms with Gasteiger partial charge >= 0.3 is 12.0 Å². The molecule has 0 aliphatic heterocycles. The molecule has 112 valence electrons. The molecule has 2 N–H and O–H groups in total. The van der Waals surface area contributed by atoms with Gasteiger partial charge < -0.3 is 15.3 Å². The molecule has 0 aromatic rings. The zero-order valence-corrected chi connectivity index (χ0v) is 12.8. The third-order valence-electron chi connectivity index (χ3n) is 2.78. The van der Waals surface area contributed by atoms with Crippen LogP contribution in [0.1, 0.15) is 38.5 Å². The maximum atomic E-state index is 11.6. The molecule has 0 rings (SSSR count). The standard InChI is InChI=1S/C13H26N2O3S/c1-15(10-7-8-12(16)17)13(18)14-9-5-3-4-6-11-19-2/h3-11H2,1-2H3,(H,14,18)(H,16,17). The Morgan fingerprint density at radius 2 is 1.84 bits per heavy atom. The van der Waals surface area contributed by atoms with Crippen LogP contribution in [0.2, 0.25) is 0 Å². The second-order valence-electron chi connectivity index (χ2n) is 4.56. The fraction of sp³-hybridized carbons (Fsp3) is 0.846. The van der Waals surface area contributed by atoms with Crippen molar-refractivity contribution in [1.82, 2.24) is 10.2 Å². The van der Waals surface area contributed by atoms with Crippen LogP contribution >= 0.6 is 11.8 Å². The van der Waals surface area contributed by atoms with Crippen molar-refractivity contribution < 1.29 is 14.7 Å². The first-order valence-corrected chi connectivity index (χ1v) is 8.17. The second-order valence-corrected chi connectivity index (χ2v) is 5.54. The highest BCUT2D eigenvalue weighted by Gasteiger charge is 2.07. The van der Waals surface area contributed by atoms with Crippen molar-refractivity contribution in [2.24, 2.45) is 0 Å². The zero-order chi connectivity index (χ0) is 14.5. The van der Waals surface area contributed by atoms with Crippen molar-refractivity contribution in [3.8, 4) is 0 Å². The van der Waals surface area contributed by atoms with Crippen molar-refractivity contribution in [3.05, 3.63) is 0 Å². The lowest BCUT2D eigenvalue weighted by Crippen LogP contribution is -2.38. The number of amides is 2. The summed E-state index contributed by atoms with van der Waals surface area (Å²) >= 11 is 1.87. The van der Waals surface area contributed by atoms with E-state index in [2.05, 4.69) is 11.6 Å². The van der Waals surface area contributed by atoms with E-state index in [9.17, 15) is 9.59 Å². The summed E-state index contributed by atoms with van der Waals surface area (Å²) in [5.74, 6) is 0.387. The first kappa shape index (κ1) is 18.1. The van der Waals surface area contributed by atoms with Crippen molar-refractivity contribution in [3.63, 3.8) is 0 Å². The molecule has 19 heavy (non-hydrogen) atoms. The lowest BCUT2D eigenvalue weighted by atomic mass is 10.2. The molecule has 0 fully saturated rings. The zero-order valence-electron chi connectivity index (χ0n) is 12.0. The molecule has 6 heteroatoms. The summed E-state index contributed by atoms with van der Waals surface area (Å²) in [6.45, 7) is 1.17. The number of nitrogens with one attached hydrogen (secondary N) is 1. The third kappa shape index (κ3) is 11.9. The Kier molecular flexibility index (Phi) is 11.6. The Morgan fingerprint density at radius 3 is 2.47 bits per heavy atom. The fourth-order valence-corrected chi connectivity index (χ4v) is 2.12. The molecule has 0 aromatic heterocycles. The number of hydrogen-bond donors (Lipinski definition) is 2. The SMILES string of the molecule is CSCCCCCCNC(=O)N(C)CCCC(=O)O. The van der Waals surface area contributed by atoms with E-state index in [4.69, 9.17) is 5.11 Å². The van der Waals surface area contributed by atoms with Crippen molar-refractivity contribution in [1.29, 1.82) is 0 Å². The highest BCUT2D eigenvalue weighted by atomic mass is 32.2. The van der Waals surface area contributed by atoms with E-state index in [1.165, 1.54) is 23.5 Å². The maximum Gasteiger partial charge on any atom is 0.317 e. The van der Waals surface area contributed by atoms with Gasteiger partial charge in [0.25, 0.3) is 0 Å². The number of rotatable bonds is 11. The van der Waals surface area contributed by atoms with Gasteiger partial charge in [0.1, 0.15) is 0 Å². The number of unbranched alkanes of at least 4 members (excludes halogenated alkanes) is 3. The average molecular weight is 290 g/mol. The van der Waals surface area contributed by atoms with Crippen LogP contribution in [0.4, 0.5) is 4.79 Å². The Labute approximate surface area is 120 Å². The highest BCUT2D eigenvalue weighted by molar-refractivity contribution is 7.98. The van der Waals surface area contributed by atoms with Crippen molar-refractivity contribution in [2.45, 2.75) is 38.5 Å². The largest absolute Gasteiger partial charge is 0.481 e. The smallest absolute Gasteiger partial charge is 0.317 e. The molecular weight excluding hydrogens is 264 g/mol. The van der Waals surface area contributed by atoms with Gasteiger partial charge in [-0.3, -0.25) is 4.79 Å². The van der Waals surface area contributed by atoms with Crippen molar-refractivity contribution in [2.75, 3.05) is 32.1 Å². The van der Waals surface area contributed by atoms with Crippen LogP contribution in [-0.2, 0) is 4.79 Å². The number of aliphatic carboxylic acids is 1. The highest BCUT2D eigenvalue weighted by Crippen LogP contribution is 2.04. The van der Waals surface area contributed by atoms with E-state index >= 15 is 0 Å². The lowest BCUT2D eigenvalue weighted by Gasteiger charge is -2.17. The summed E-state index contributed by atoms with van der Waals surface area (Å²) in [6.07, 6.45) is 7.31. The lowest BCUT2D eigenvalue weighted by molar-refractivity contribution is -0.137. The molecule has 0 heterocycles. The van der Waals surface area contributed by atoms with Crippen LogP contribution in [0.15, 0.2) is 0 Å². The van der Waals surface area contributed by atoms with Crippen molar-refractivity contribution >= 4 is 23.8 Å². The van der Waals surface area contributed by atoms with Crippen LogP contribution in [0.25, 0.3) is 0 Å². The molecule has 0 spiro atoms. The summed E-state index contributed by atoms with van der Waals surface area (Å²) in [5, 5.41) is 11.4. The summed E-state index contributed by atoms with van der Waals surface area (Å²) in [7, 11) is 1.69. The van der Waals surface area contributed by atoms with Crippen LogP contribution in [0, 0.1) is 0 Å². The molecule has 0 radical (unpaired) electrons. The van der Waals surface area contributed by atoms with Crippen LogP contribution < -0.4 is 5.32 Å². The Morgan fingerprint density at radius 1 is 1.16 bits per heavy atom. The number of urea groups is 1. The van der Waals surface area contributed by atoms with E-state index < -0.39 is 5.97 Å². The summed E-state index contributed by atoms with van der Waals surface area (Å²) in [4.78, 5) is 23.5. The van der Waals surface area contributed by atoms with Gasteiger partial charge in [-0.05, 0) is 31.3 Å². The van der Waals surface area contributed by atoms with Crippen LogP contribution in [0.5, 0.6) is 0 Å². The molecule has 2 amide bonds. The minimum atomic E-state index is -0.820. The molecule has 0 saturated carbocycles. The molecule has 0 aromatic carbocycles. The predicted octanol–water partition coefficient (Wildman–Crippen LogP) is 2.42. The topological polar surface area (TPSA) is 69.6 Å². The van der Waals surface area contributed by atoms with Gasteiger partial charge in [0.2, 0.25) is 0 Å². The Balaban J connectivity index is 3.43. The van der Waals surface area contributed by atoms with E-state index in [1.54, 1.807) is 7.05 Å². The summed E-state index contributed by atoms with van der Waals surface area (Å²) in [5.41, 5.74) is 0. The van der Waals surface area contributed by atoms with Gasteiger partial charge in [-0.2, -0.15) is 11.8 Å². The number of carbonyl (C=O) groups is 2. The number of carbonyl (C=O) groups excluding carboxylic acids is 1. The third-order valence-corrected chi connectivity index (χ3v) is 3.48. The summed E-state index contributed by atoms with van der Waals surface area (Å²) < 4.78 is 0. The minimum absolute atomic E-state index is 0.104. The van der Waals surface area contributed by atoms with Crippen LogP contribution in [-0.4, -0.2) is 54.2 Å². The van der Waals surface area contributed by atoms with Gasteiger partial charge in [0.05, 0.1) is 0 Å². The van der Waals surface area contributed by atoms with Gasteiger partial charge in [-0.15, -0.1) is 0 Å². The predicted molar refractivity (Wildman–Crippen MR) is 79.7 cm³/mol. The number of nitrogens with zero attached hydrogens (tertiary/aromatic N) is 1. The molecule has 0 saturated heterocycles. The van der Waals surface area contributed by atoms with E-state index in [0.29, 0.717) is 19.5 Å². The molecular formula is C13H26N2O3S. The maximum absolute atomic E-state index is 11.6. The first-order chi connectivity index (χ1) is 9.07. The number of thioether (sulfide) groups is 1. The Bertz CT molecular complexity index is 262. The van der Waals surface area contributed by atoms with E-state index in [1.807, 2.05) is 11.8 Å². The summed E-state index contributed by atoms with van der Waals surface area (Å²) in [6, 6.07) is -0.116. The number of hydrogen-bond acceptors (Lipinski definition) is 3. The van der Waals surface area contributed by atoms with Gasteiger partial charge in [0, 0.05) is 26.6 Å². The molecule has 0 aliphatic carbocycles. The molecule has 0 bridgehead atoms. The van der Waals surface area contributed by atoms with Gasteiger partial charge in [-0.1, -0.05) is 12.8 Å². The number of carboxylic acid groups (broad SMARTS) is 1. The fourth-order valence-electron chi connectivity index (χ4n) is 1.62. The molecule has 0 unspecified atom stereocenters. The van der Waals surface area contributed by atoms with Gasteiger partial charge in [-0.25, -0.2) is 4.79 Å². The first-order valence-electron chi connectivity index (χ1n) is 6.77. The molecule has 5 nitrogen and oxygen atoms in total. The van der Waals surface area contributed by atoms with E-state index in [-0.39, 0.29) is 12.5 Å². The minimum Gasteiger partial charge on any atom is -0.481 e. The second kappa shape index (κ2) is 12.1. The normalized spacial score (nSPS) is 10.2. The number of carboxylic acids is 1. The van der Waals surface area contributed by atoms with E-state index in [0.717, 1.165) is 12.8 Å². The van der Waals surface area contributed by atoms with Gasteiger partial charge in [0.15, 0.2) is 0 Å². The molecule has 0 atom stereocenters. The quantitative estimate of drug-likeness (QED) is 0.573. The average Bonchev–Trinajstić information content (AvgIpc) is 2.36. The van der Waals surface area contributed by atoms with Crippen LogP contribution in [0.3, 0.4) is 0 Å². The molecule has 0 aliphatic rings.